The second kappa shape index (κ2) is 7.33. The van der Waals surface area contributed by atoms with Crippen LogP contribution < -0.4 is 10.1 Å². The van der Waals surface area contributed by atoms with Crippen LogP contribution >= 0.6 is 0 Å². The monoisotopic (exact) mass is 276 g/mol. The summed E-state index contributed by atoms with van der Waals surface area (Å²) < 4.78 is 41.4. The molecule has 0 aromatic carbocycles. The molecule has 0 bridgehead atoms. The maximum Gasteiger partial charge on any atom is 0.392 e. The lowest BCUT2D eigenvalue weighted by Crippen LogP contribution is -2.17. The smallest absolute Gasteiger partial charge is 0.392 e. The number of halogens is 3. The number of alkyl halides is 3. The van der Waals surface area contributed by atoms with Crippen LogP contribution in [-0.4, -0.2) is 24.3 Å². The van der Waals surface area contributed by atoms with E-state index in [9.17, 15) is 13.2 Å². The number of nitrogens with one attached hydrogen (secondary N) is 1. The molecule has 0 amide bonds. The predicted octanol–water partition coefficient (Wildman–Crippen LogP) is 3.22. The third-order valence-corrected chi connectivity index (χ3v) is 2.43. The van der Waals surface area contributed by atoms with Gasteiger partial charge in [0.25, 0.3) is 0 Å². The molecule has 19 heavy (non-hydrogen) atoms. The lowest BCUT2D eigenvalue weighted by atomic mass is 10.2. The average molecular weight is 276 g/mol. The molecule has 0 unspecified atom stereocenters. The van der Waals surface area contributed by atoms with Crippen molar-refractivity contribution in [3.05, 3.63) is 23.5 Å². The summed E-state index contributed by atoms with van der Waals surface area (Å²) in [5.74, 6) is 0.415. The van der Waals surface area contributed by atoms with Gasteiger partial charge in [0.05, 0.1) is 18.7 Å². The van der Waals surface area contributed by atoms with Crippen molar-refractivity contribution in [2.75, 3.05) is 13.2 Å². The molecule has 0 saturated carbocycles. The Kier molecular flexibility index (Phi) is 6.08. The Morgan fingerprint density at radius 3 is 2.68 bits per heavy atom. The van der Waals surface area contributed by atoms with E-state index >= 15 is 0 Å². The highest BCUT2D eigenvalue weighted by molar-refractivity contribution is 5.29. The summed E-state index contributed by atoms with van der Waals surface area (Å²) in [5.41, 5.74) is 1.46. The maximum absolute atomic E-state index is 12.1. The topological polar surface area (TPSA) is 34.2 Å². The summed E-state index contributed by atoms with van der Waals surface area (Å²) in [4.78, 5) is 4.29. The Bertz CT molecular complexity index is 394. The van der Waals surface area contributed by atoms with Gasteiger partial charge in [0.1, 0.15) is 5.75 Å². The third-order valence-electron chi connectivity index (χ3n) is 2.43. The Morgan fingerprint density at radius 1 is 1.32 bits per heavy atom. The van der Waals surface area contributed by atoms with Gasteiger partial charge in [0.15, 0.2) is 0 Å². The van der Waals surface area contributed by atoms with Gasteiger partial charge in [-0.05, 0) is 32.0 Å². The second-order valence-corrected chi connectivity index (χ2v) is 4.29. The standard InChI is InChI=1S/C13H19F3N2O/c1-3-7-17-9-11-12(5-4-10(2)18-11)19-8-6-13(14,15)16/h4-5,17H,3,6-9H2,1-2H3. The van der Waals surface area contributed by atoms with Crippen LogP contribution in [0.1, 0.15) is 31.2 Å². The quantitative estimate of drug-likeness (QED) is 0.776. The highest BCUT2D eigenvalue weighted by Gasteiger charge is 2.27. The van der Waals surface area contributed by atoms with E-state index in [2.05, 4.69) is 10.3 Å². The molecule has 1 aromatic heterocycles. The van der Waals surface area contributed by atoms with E-state index < -0.39 is 12.6 Å². The van der Waals surface area contributed by atoms with Crippen molar-refractivity contribution in [3.63, 3.8) is 0 Å². The van der Waals surface area contributed by atoms with Gasteiger partial charge >= 0.3 is 6.18 Å². The van der Waals surface area contributed by atoms with Crippen molar-refractivity contribution in [2.24, 2.45) is 0 Å². The fourth-order valence-electron chi connectivity index (χ4n) is 1.52. The molecule has 108 valence electrons. The van der Waals surface area contributed by atoms with Crippen molar-refractivity contribution in [3.8, 4) is 5.75 Å². The number of ether oxygens (including phenoxy) is 1. The zero-order valence-electron chi connectivity index (χ0n) is 11.2. The lowest BCUT2D eigenvalue weighted by Gasteiger charge is -2.13. The van der Waals surface area contributed by atoms with Gasteiger partial charge in [-0.3, -0.25) is 4.98 Å². The van der Waals surface area contributed by atoms with Crippen LogP contribution in [0.3, 0.4) is 0 Å². The average Bonchev–Trinajstić information content (AvgIpc) is 2.30. The minimum Gasteiger partial charge on any atom is -0.491 e. The van der Waals surface area contributed by atoms with Crippen molar-refractivity contribution in [1.29, 1.82) is 0 Å². The zero-order chi connectivity index (χ0) is 14.3. The van der Waals surface area contributed by atoms with E-state index in [-0.39, 0.29) is 6.61 Å². The fourth-order valence-corrected chi connectivity index (χ4v) is 1.52. The first-order valence-corrected chi connectivity index (χ1v) is 6.29. The minimum atomic E-state index is -4.20. The lowest BCUT2D eigenvalue weighted by molar-refractivity contribution is -0.139. The van der Waals surface area contributed by atoms with Gasteiger partial charge in [-0.1, -0.05) is 6.92 Å². The molecule has 1 N–H and O–H groups in total. The van der Waals surface area contributed by atoms with Crippen LogP contribution in [0.15, 0.2) is 12.1 Å². The molecule has 0 saturated heterocycles. The van der Waals surface area contributed by atoms with Crippen LogP contribution in [0.4, 0.5) is 13.2 Å². The molecule has 3 nitrogen and oxygen atoms in total. The molecule has 0 radical (unpaired) electrons. The Morgan fingerprint density at radius 2 is 2.05 bits per heavy atom. The number of nitrogens with zero attached hydrogens (tertiary/aromatic N) is 1. The summed E-state index contributed by atoms with van der Waals surface area (Å²) in [7, 11) is 0. The van der Waals surface area contributed by atoms with Crippen LogP contribution in [0.5, 0.6) is 5.75 Å². The number of pyridine rings is 1. The molecule has 1 aromatic rings. The molecule has 0 aliphatic rings. The van der Waals surface area contributed by atoms with Gasteiger partial charge in [-0.25, -0.2) is 0 Å². The number of aromatic nitrogens is 1. The van der Waals surface area contributed by atoms with Crippen molar-refractivity contribution in [1.82, 2.24) is 10.3 Å². The first-order valence-electron chi connectivity index (χ1n) is 6.29. The van der Waals surface area contributed by atoms with Crippen LogP contribution in [0.25, 0.3) is 0 Å². The first kappa shape index (κ1) is 15.8. The number of aryl methyl sites for hydroxylation is 1. The Labute approximate surface area is 111 Å². The third kappa shape index (κ3) is 6.42. The highest BCUT2D eigenvalue weighted by atomic mass is 19.4. The molecule has 6 heteroatoms. The molecular weight excluding hydrogens is 257 g/mol. The molecule has 0 fully saturated rings. The van der Waals surface area contributed by atoms with Crippen LogP contribution in [-0.2, 0) is 6.54 Å². The second-order valence-electron chi connectivity index (χ2n) is 4.29. The van der Waals surface area contributed by atoms with Crippen LogP contribution in [0.2, 0.25) is 0 Å². The number of hydrogen-bond donors (Lipinski definition) is 1. The fraction of sp³-hybridized carbons (Fsp3) is 0.615. The molecule has 0 aliphatic heterocycles. The summed E-state index contributed by atoms with van der Waals surface area (Å²) in [6.07, 6.45) is -4.17. The maximum atomic E-state index is 12.1. The Balaban J connectivity index is 2.60. The summed E-state index contributed by atoms with van der Waals surface area (Å²) >= 11 is 0. The van der Waals surface area contributed by atoms with Crippen LogP contribution in [0, 0.1) is 6.92 Å². The van der Waals surface area contributed by atoms with E-state index in [4.69, 9.17) is 4.74 Å². The van der Waals surface area contributed by atoms with Gasteiger partial charge in [-0.2, -0.15) is 13.2 Å². The summed E-state index contributed by atoms with van der Waals surface area (Å²) in [5, 5.41) is 3.16. The van der Waals surface area contributed by atoms with E-state index in [1.807, 2.05) is 13.8 Å². The van der Waals surface area contributed by atoms with Crippen molar-refractivity contribution >= 4 is 0 Å². The largest absolute Gasteiger partial charge is 0.491 e. The SMILES string of the molecule is CCCNCc1nc(C)ccc1OCCC(F)(F)F. The van der Waals surface area contributed by atoms with E-state index in [1.165, 1.54) is 0 Å². The van der Waals surface area contributed by atoms with Gasteiger partial charge in [0.2, 0.25) is 0 Å². The van der Waals surface area contributed by atoms with Crippen molar-refractivity contribution in [2.45, 2.75) is 39.4 Å². The molecule has 0 spiro atoms. The first-order chi connectivity index (χ1) is 8.92. The minimum absolute atomic E-state index is 0.380. The van der Waals surface area contributed by atoms with Crippen molar-refractivity contribution < 1.29 is 17.9 Å². The molecule has 1 rings (SSSR count). The normalized spacial score (nSPS) is 11.6. The molecule has 0 aliphatic carbocycles. The predicted molar refractivity (Wildman–Crippen MR) is 67.1 cm³/mol. The Hall–Kier alpha value is -1.30. The van der Waals surface area contributed by atoms with E-state index in [0.29, 0.717) is 18.0 Å². The zero-order valence-corrected chi connectivity index (χ0v) is 11.2. The number of hydrogen-bond acceptors (Lipinski definition) is 3. The summed E-state index contributed by atoms with van der Waals surface area (Å²) in [6, 6.07) is 3.40. The van der Waals surface area contributed by atoms with Gasteiger partial charge < -0.3 is 10.1 Å². The number of rotatable bonds is 7. The molecule has 0 atom stereocenters. The highest BCUT2D eigenvalue weighted by Crippen LogP contribution is 2.22. The molecular formula is C13H19F3N2O. The summed E-state index contributed by atoms with van der Waals surface area (Å²) in [6.45, 7) is 4.82. The van der Waals surface area contributed by atoms with E-state index in [1.54, 1.807) is 12.1 Å². The van der Waals surface area contributed by atoms with Gasteiger partial charge in [0, 0.05) is 12.2 Å². The molecule has 1 heterocycles. The van der Waals surface area contributed by atoms with Gasteiger partial charge in [-0.15, -0.1) is 0 Å². The van der Waals surface area contributed by atoms with E-state index in [0.717, 1.165) is 18.7 Å².